The lowest BCUT2D eigenvalue weighted by Gasteiger charge is -2.26. The number of amides is 1. The lowest BCUT2D eigenvalue weighted by atomic mass is 10.1. The van der Waals surface area contributed by atoms with E-state index < -0.39 is 0 Å². The highest BCUT2D eigenvalue weighted by molar-refractivity contribution is 7.98. The Morgan fingerprint density at radius 2 is 1.47 bits per heavy atom. The first kappa shape index (κ1) is 23.1. The first-order chi connectivity index (χ1) is 16.8. The number of aromatic nitrogens is 3. The summed E-state index contributed by atoms with van der Waals surface area (Å²) in [7, 11) is 0. The lowest BCUT2D eigenvalue weighted by molar-refractivity contribution is 0.0793. The summed E-state index contributed by atoms with van der Waals surface area (Å²) in [5.74, 6) is 2.00. The Bertz CT molecular complexity index is 1070. The van der Waals surface area contributed by atoms with E-state index in [2.05, 4.69) is 62.1 Å². The third-order valence-corrected chi connectivity index (χ3v) is 7.79. The summed E-state index contributed by atoms with van der Waals surface area (Å²) in [6, 6.07) is 18.6. The summed E-state index contributed by atoms with van der Waals surface area (Å²) in [6.45, 7) is 5.68. The largest absolute Gasteiger partial charge is 0.339 e. The zero-order chi connectivity index (χ0) is 23.2. The summed E-state index contributed by atoms with van der Waals surface area (Å²) in [6.07, 6.45) is 6.10. The van der Waals surface area contributed by atoms with E-state index in [1.807, 2.05) is 17.0 Å². The van der Waals surface area contributed by atoms with Gasteiger partial charge >= 0.3 is 0 Å². The molecule has 2 aromatic carbocycles. The lowest BCUT2D eigenvalue weighted by Crippen LogP contribution is -2.30. The Labute approximate surface area is 206 Å². The molecule has 0 bridgehead atoms. The van der Waals surface area contributed by atoms with Crippen LogP contribution in [-0.2, 0) is 18.8 Å². The van der Waals surface area contributed by atoms with Crippen LogP contribution in [0.5, 0.6) is 0 Å². The zero-order valence-electron chi connectivity index (χ0n) is 19.7. The SMILES string of the molecule is O=C(c1ccc(CSc2nnc(CN3CCCCC3)n2Cc2ccccc2)cc1)N1CCCC1. The maximum atomic E-state index is 12.6. The van der Waals surface area contributed by atoms with Crippen molar-refractivity contribution in [3.8, 4) is 0 Å². The van der Waals surface area contributed by atoms with Gasteiger partial charge in [0.2, 0.25) is 0 Å². The minimum Gasteiger partial charge on any atom is -0.339 e. The first-order valence-corrected chi connectivity index (χ1v) is 13.4. The quantitative estimate of drug-likeness (QED) is 0.437. The molecular weight excluding hydrogens is 442 g/mol. The maximum Gasteiger partial charge on any atom is 0.253 e. The van der Waals surface area contributed by atoms with Gasteiger partial charge in [-0.1, -0.05) is 60.6 Å². The summed E-state index contributed by atoms with van der Waals surface area (Å²) >= 11 is 1.72. The second kappa shape index (κ2) is 11.2. The number of hydrogen-bond acceptors (Lipinski definition) is 5. The fourth-order valence-electron chi connectivity index (χ4n) is 4.78. The van der Waals surface area contributed by atoms with Gasteiger partial charge in [-0.15, -0.1) is 10.2 Å². The molecule has 178 valence electrons. The predicted octanol–water partition coefficient (Wildman–Crippen LogP) is 4.84. The number of carbonyl (C=O) groups is 1. The van der Waals surface area contributed by atoms with E-state index in [1.54, 1.807) is 11.8 Å². The Morgan fingerprint density at radius 3 is 2.21 bits per heavy atom. The molecule has 0 saturated carbocycles. The number of likely N-dealkylation sites (tertiary alicyclic amines) is 2. The number of carbonyl (C=O) groups excluding carboxylic acids is 1. The van der Waals surface area contributed by atoms with Crippen molar-refractivity contribution in [2.24, 2.45) is 0 Å². The topological polar surface area (TPSA) is 54.3 Å². The van der Waals surface area contributed by atoms with Crippen LogP contribution < -0.4 is 0 Å². The fourth-order valence-corrected chi connectivity index (χ4v) is 5.69. The number of hydrogen-bond donors (Lipinski definition) is 0. The van der Waals surface area contributed by atoms with Crippen molar-refractivity contribution in [2.75, 3.05) is 26.2 Å². The van der Waals surface area contributed by atoms with Crippen molar-refractivity contribution in [1.29, 1.82) is 0 Å². The number of thioether (sulfide) groups is 1. The minimum atomic E-state index is 0.154. The number of rotatable bonds is 8. The number of benzene rings is 2. The van der Waals surface area contributed by atoms with Crippen molar-refractivity contribution in [1.82, 2.24) is 24.6 Å². The van der Waals surface area contributed by atoms with Crippen molar-refractivity contribution >= 4 is 17.7 Å². The van der Waals surface area contributed by atoms with Gasteiger partial charge < -0.3 is 9.47 Å². The van der Waals surface area contributed by atoms with Gasteiger partial charge in [0.05, 0.1) is 13.1 Å². The Morgan fingerprint density at radius 1 is 0.765 bits per heavy atom. The van der Waals surface area contributed by atoms with Gasteiger partial charge in [-0.2, -0.15) is 0 Å². The van der Waals surface area contributed by atoms with E-state index >= 15 is 0 Å². The van der Waals surface area contributed by atoms with Crippen LogP contribution in [-0.4, -0.2) is 56.7 Å². The molecular formula is C27H33N5OS. The summed E-state index contributed by atoms with van der Waals surface area (Å²) < 4.78 is 2.28. The molecule has 2 saturated heterocycles. The molecule has 0 atom stereocenters. The van der Waals surface area contributed by atoms with Crippen molar-refractivity contribution < 1.29 is 4.79 Å². The first-order valence-electron chi connectivity index (χ1n) is 12.5. The molecule has 3 heterocycles. The summed E-state index contributed by atoms with van der Waals surface area (Å²) in [5.41, 5.74) is 3.23. The summed E-state index contributed by atoms with van der Waals surface area (Å²) in [5, 5.41) is 10.1. The van der Waals surface area contributed by atoms with Crippen molar-refractivity contribution in [3.63, 3.8) is 0 Å². The molecule has 0 N–H and O–H groups in total. The Hall–Kier alpha value is -2.64. The second-order valence-corrected chi connectivity index (χ2v) is 10.2. The average Bonchev–Trinajstić information content (AvgIpc) is 3.55. The monoisotopic (exact) mass is 475 g/mol. The standard InChI is InChI=1S/C27H33N5OS/c33-26(31-17-7-8-18-31)24-13-11-23(12-14-24)21-34-27-29-28-25(20-30-15-5-2-6-16-30)32(27)19-22-9-3-1-4-10-22/h1,3-4,9-14H,2,5-8,15-21H2. The van der Waals surface area contributed by atoms with Crippen LogP contribution in [0.25, 0.3) is 0 Å². The molecule has 34 heavy (non-hydrogen) atoms. The number of piperidine rings is 1. The van der Waals surface area contributed by atoms with Gasteiger partial charge in [-0.05, 0) is 62.0 Å². The average molecular weight is 476 g/mol. The van der Waals surface area contributed by atoms with Gasteiger partial charge in [0.1, 0.15) is 5.82 Å². The molecule has 6 nitrogen and oxygen atoms in total. The third-order valence-electron chi connectivity index (χ3n) is 6.75. The molecule has 2 fully saturated rings. The van der Waals surface area contributed by atoms with Crippen LogP contribution >= 0.6 is 11.8 Å². The van der Waals surface area contributed by atoms with Gasteiger partial charge in [0.25, 0.3) is 5.91 Å². The van der Waals surface area contributed by atoms with E-state index in [0.717, 1.165) is 74.4 Å². The van der Waals surface area contributed by atoms with Crippen molar-refractivity contribution in [2.45, 2.75) is 56.1 Å². The van der Waals surface area contributed by atoms with Gasteiger partial charge in [-0.25, -0.2) is 0 Å². The van der Waals surface area contributed by atoms with Crippen LogP contribution in [0.2, 0.25) is 0 Å². The highest BCUT2D eigenvalue weighted by Gasteiger charge is 2.20. The van der Waals surface area contributed by atoms with Crippen LogP contribution in [0.3, 0.4) is 0 Å². The summed E-state index contributed by atoms with van der Waals surface area (Å²) in [4.78, 5) is 17.1. The Balaban J connectivity index is 1.28. The predicted molar refractivity (Wildman–Crippen MR) is 136 cm³/mol. The molecule has 2 aliphatic heterocycles. The van der Waals surface area contributed by atoms with Gasteiger partial charge in [0, 0.05) is 24.4 Å². The molecule has 1 aromatic heterocycles. The molecule has 0 spiro atoms. The van der Waals surface area contributed by atoms with Gasteiger partial charge in [-0.3, -0.25) is 9.69 Å². The third kappa shape index (κ3) is 5.70. The molecule has 0 radical (unpaired) electrons. The maximum absolute atomic E-state index is 12.6. The molecule has 0 aliphatic carbocycles. The van der Waals surface area contributed by atoms with Crippen LogP contribution in [0.15, 0.2) is 59.8 Å². The van der Waals surface area contributed by atoms with Gasteiger partial charge in [0.15, 0.2) is 5.16 Å². The second-order valence-electron chi connectivity index (χ2n) is 9.29. The highest BCUT2D eigenvalue weighted by Crippen LogP contribution is 2.25. The van der Waals surface area contributed by atoms with Crippen molar-refractivity contribution in [3.05, 3.63) is 77.1 Å². The highest BCUT2D eigenvalue weighted by atomic mass is 32.2. The molecule has 0 unspecified atom stereocenters. The Kier molecular flexibility index (Phi) is 7.61. The van der Waals surface area contributed by atoms with Crippen LogP contribution in [0.1, 0.15) is 59.4 Å². The minimum absolute atomic E-state index is 0.154. The van der Waals surface area contributed by atoms with E-state index in [9.17, 15) is 4.79 Å². The number of nitrogens with zero attached hydrogens (tertiary/aromatic N) is 5. The fraction of sp³-hybridized carbons (Fsp3) is 0.444. The molecule has 7 heteroatoms. The smallest absolute Gasteiger partial charge is 0.253 e. The van der Waals surface area contributed by atoms with E-state index in [4.69, 9.17) is 0 Å². The normalized spacial score (nSPS) is 16.8. The van der Waals surface area contributed by atoms with Crippen LogP contribution in [0, 0.1) is 0 Å². The van der Waals surface area contributed by atoms with E-state index in [0.29, 0.717) is 0 Å². The molecule has 5 rings (SSSR count). The van der Waals surface area contributed by atoms with E-state index in [-0.39, 0.29) is 5.91 Å². The molecule has 2 aliphatic rings. The van der Waals surface area contributed by atoms with E-state index in [1.165, 1.54) is 30.4 Å². The molecule has 3 aromatic rings. The molecule has 1 amide bonds. The van der Waals surface area contributed by atoms with Crippen LogP contribution in [0.4, 0.5) is 0 Å². The zero-order valence-corrected chi connectivity index (χ0v) is 20.6.